The number of carbonyl (C=O) groups is 2. The van der Waals surface area contributed by atoms with Crippen molar-refractivity contribution in [3.8, 4) is 0 Å². The number of benzene rings is 2. The minimum atomic E-state index is -0.303. The van der Waals surface area contributed by atoms with Crippen LogP contribution in [0.25, 0.3) is 0 Å². The van der Waals surface area contributed by atoms with Crippen molar-refractivity contribution in [3.63, 3.8) is 0 Å². The standard InChI is InChI=1S/C23H25F2N3O2/c24-19-3-1-17(2-4-19)9-10-28-16-18(15-22(28)29)23(30)27-13-11-26(12-14-27)21-7-5-20(25)6-8-21/h1-8,18H,9-16H2. The van der Waals surface area contributed by atoms with Crippen molar-refractivity contribution in [3.05, 3.63) is 65.7 Å². The van der Waals surface area contributed by atoms with Gasteiger partial charge in [-0.1, -0.05) is 12.1 Å². The Labute approximate surface area is 174 Å². The molecule has 30 heavy (non-hydrogen) atoms. The van der Waals surface area contributed by atoms with Crippen molar-refractivity contribution < 1.29 is 18.4 Å². The van der Waals surface area contributed by atoms with Crippen LogP contribution < -0.4 is 4.90 Å². The highest BCUT2D eigenvalue weighted by Gasteiger charge is 2.37. The molecule has 5 nitrogen and oxygen atoms in total. The zero-order valence-corrected chi connectivity index (χ0v) is 16.8. The van der Waals surface area contributed by atoms with Crippen LogP contribution in [0, 0.1) is 17.6 Å². The zero-order chi connectivity index (χ0) is 21.1. The maximum atomic E-state index is 13.1. The lowest BCUT2D eigenvalue weighted by molar-refractivity contribution is -0.136. The summed E-state index contributed by atoms with van der Waals surface area (Å²) in [5.74, 6) is -0.807. The van der Waals surface area contributed by atoms with Crippen molar-refractivity contribution in [2.75, 3.05) is 44.2 Å². The summed E-state index contributed by atoms with van der Waals surface area (Å²) in [6, 6.07) is 12.7. The summed E-state index contributed by atoms with van der Waals surface area (Å²) in [7, 11) is 0. The van der Waals surface area contributed by atoms with Crippen LogP contribution >= 0.6 is 0 Å². The fourth-order valence-electron chi connectivity index (χ4n) is 4.16. The van der Waals surface area contributed by atoms with Crippen LogP contribution in [0.4, 0.5) is 14.5 Å². The van der Waals surface area contributed by atoms with Crippen molar-refractivity contribution >= 4 is 17.5 Å². The van der Waals surface area contributed by atoms with E-state index in [0.29, 0.717) is 45.7 Å². The van der Waals surface area contributed by atoms with Crippen LogP contribution in [0.5, 0.6) is 0 Å². The second-order valence-electron chi connectivity index (χ2n) is 7.91. The quantitative estimate of drug-likeness (QED) is 0.757. The van der Waals surface area contributed by atoms with Gasteiger partial charge in [0.25, 0.3) is 0 Å². The van der Waals surface area contributed by atoms with E-state index < -0.39 is 0 Å². The van der Waals surface area contributed by atoms with E-state index in [2.05, 4.69) is 4.90 Å². The third-order valence-corrected chi connectivity index (χ3v) is 5.93. The summed E-state index contributed by atoms with van der Waals surface area (Å²) in [4.78, 5) is 31.0. The third-order valence-electron chi connectivity index (χ3n) is 5.93. The summed E-state index contributed by atoms with van der Waals surface area (Å²) in [6.07, 6.45) is 0.893. The Morgan fingerprint density at radius 1 is 0.900 bits per heavy atom. The smallest absolute Gasteiger partial charge is 0.228 e. The van der Waals surface area contributed by atoms with E-state index in [1.807, 2.05) is 4.90 Å². The van der Waals surface area contributed by atoms with Gasteiger partial charge in [-0.2, -0.15) is 0 Å². The average Bonchev–Trinajstić information content (AvgIpc) is 3.14. The lowest BCUT2D eigenvalue weighted by Gasteiger charge is -2.37. The zero-order valence-electron chi connectivity index (χ0n) is 16.8. The first kappa shape index (κ1) is 20.3. The largest absolute Gasteiger partial charge is 0.368 e. The average molecular weight is 413 g/mol. The van der Waals surface area contributed by atoms with Gasteiger partial charge in [-0.3, -0.25) is 9.59 Å². The predicted octanol–water partition coefficient (Wildman–Crippen LogP) is 2.70. The molecule has 2 amide bonds. The second kappa shape index (κ2) is 8.81. The van der Waals surface area contributed by atoms with Crippen molar-refractivity contribution in [2.45, 2.75) is 12.8 Å². The van der Waals surface area contributed by atoms with E-state index in [0.717, 1.165) is 11.3 Å². The van der Waals surface area contributed by atoms with E-state index in [1.54, 1.807) is 29.2 Å². The Kier molecular flexibility index (Phi) is 5.97. The topological polar surface area (TPSA) is 43.9 Å². The molecule has 1 unspecified atom stereocenters. The van der Waals surface area contributed by atoms with Gasteiger partial charge < -0.3 is 14.7 Å². The van der Waals surface area contributed by atoms with Gasteiger partial charge in [-0.05, 0) is 48.4 Å². The van der Waals surface area contributed by atoms with Crippen molar-refractivity contribution in [2.24, 2.45) is 5.92 Å². The van der Waals surface area contributed by atoms with Gasteiger partial charge in [-0.15, -0.1) is 0 Å². The number of likely N-dealkylation sites (tertiary alicyclic amines) is 1. The Bertz CT molecular complexity index is 894. The van der Waals surface area contributed by atoms with Crippen LogP contribution in [0.3, 0.4) is 0 Å². The second-order valence-corrected chi connectivity index (χ2v) is 7.91. The normalized spacial score (nSPS) is 19.5. The molecule has 0 spiro atoms. The number of halogens is 2. The number of carbonyl (C=O) groups excluding carboxylic acids is 2. The molecule has 2 heterocycles. The summed E-state index contributed by atoms with van der Waals surface area (Å²) in [6.45, 7) is 3.54. The SMILES string of the molecule is O=C1CC(C(=O)N2CCN(c3ccc(F)cc3)CC2)CN1CCc1ccc(F)cc1. The first-order valence-electron chi connectivity index (χ1n) is 10.3. The molecule has 0 aromatic heterocycles. The molecule has 2 fully saturated rings. The van der Waals surface area contributed by atoms with E-state index >= 15 is 0 Å². The maximum absolute atomic E-state index is 13.1. The summed E-state index contributed by atoms with van der Waals surface area (Å²) < 4.78 is 26.1. The van der Waals surface area contributed by atoms with E-state index in [1.165, 1.54) is 24.3 Å². The highest BCUT2D eigenvalue weighted by atomic mass is 19.1. The molecule has 0 aliphatic carbocycles. The Morgan fingerprint density at radius 2 is 1.50 bits per heavy atom. The van der Waals surface area contributed by atoms with Crippen LogP contribution in [-0.4, -0.2) is 60.9 Å². The van der Waals surface area contributed by atoms with E-state index in [-0.39, 0.29) is 35.8 Å². The highest BCUT2D eigenvalue weighted by Crippen LogP contribution is 2.23. The molecule has 2 saturated heterocycles. The van der Waals surface area contributed by atoms with Gasteiger partial charge in [0.15, 0.2) is 0 Å². The monoisotopic (exact) mass is 413 g/mol. The van der Waals surface area contributed by atoms with Crippen LogP contribution in [0.15, 0.2) is 48.5 Å². The maximum Gasteiger partial charge on any atom is 0.228 e. The highest BCUT2D eigenvalue weighted by molar-refractivity contribution is 5.89. The van der Waals surface area contributed by atoms with Gasteiger partial charge in [0.1, 0.15) is 11.6 Å². The Morgan fingerprint density at radius 3 is 2.13 bits per heavy atom. The molecule has 1 atom stereocenters. The van der Waals surface area contributed by atoms with Gasteiger partial charge >= 0.3 is 0 Å². The Hall–Kier alpha value is -2.96. The molecule has 7 heteroatoms. The molecule has 4 rings (SSSR count). The minimum absolute atomic E-state index is 0.000379. The summed E-state index contributed by atoms with van der Waals surface area (Å²) in [5.41, 5.74) is 1.92. The van der Waals surface area contributed by atoms with E-state index in [4.69, 9.17) is 0 Å². The molecule has 158 valence electrons. The molecule has 2 aliphatic rings. The van der Waals surface area contributed by atoms with Crippen molar-refractivity contribution in [1.82, 2.24) is 9.80 Å². The van der Waals surface area contributed by atoms with Gasteiger partial charge in [0, 0.05) is 51.4 Å². The fraction of sp³-hybridized carbons (Fsp3) is 0.391. The predicted molar refractivity (Wildman–Crippen MR) is 110 cm³/mol. The summed E-state index contributed by atoms with van der Waals surface area (Å²) >= 11 is 0. The molecular weight excluding hydrogens is 388 g/mol. The number of hydrogen-bond donors (Lipinski definition) is 0. The number of anilines is 1. The van der Waals surface area contributed by atoms with E-state index in [9.17, 15) is 18.4 Å². The van der Waals surface area contributed by atoms with Gasteiger partial charge in [0.05, 0.1) is 5.92 Å². The lowest BCUT2D eigenvalue weighted by Crippen LogP contribution is -2.50. The van der Waals surface area contributed by atoms with Crippen LogP contribution in [-0.2, 0) is 16.0 Å². The molecular formula is C23H25F2N3O2. The number of nitrogens with zero attached hydrogens (tertiary/aromatic N) is 3. The minimum Gasteiger partial charge on any atom is -0.368 e. The first-order chi connectivity index (χ1) is 14.5. The fourth-order valence-corrected chi connectivity index (χ4v) is 4.16. The first-order valence-corrected chi connectivity index (χ1v) is 10.3. The molecule has 2 aromatic carbocycles. The lowest BCUT2D eigenvalue weighted by atomic mass is 10.1. The molecule has 2 aromatic rings. The molecule has 0 saturated carbocycles. The Balaban J connectivity index is 1.27. The van der Waals surface area contributed by atoms with Gasteiger partial charge in [0.2, 0.25) is 11.8 Å². The van der Waals surface area contributed by atoms with Gasteiger partial charge in [-0.25, -0.2) is 8.78 Å². The molecule has 0 radical (unpaired) electrons. The third kappa shape index (κ3) is 4.61. The van der Waals surface area contributed by atoms with Crippen molar-refractivity contribution in [1.29, 1.82) is 0 Å². The van der Waals surface area contributed by atoms with Crippen LogP contribution in [0.1, 0.15) is 12.0 Å². The molecule has 0 bridgehead atoms. The summed E-state index contributed by atoms with van der Waals surface area (Å²) in [5, 5.41) is 0. The molecule has 2 aliphatic heterocycles. The number of piperazine rings is 1. The molecule has 0 N–H and O–H groups in total. The number of hydrogen-bond acceptors (Lipinski definition) is 3. The number of amides is 2. The van der Waals surface area contributed by atoms with Crippen LogP contribution in [0.2, 0.25) is 0 Å². The number of rotatable bonds is 5.